The van der Waals surface area contributed by atoms with Crippen LogP contribution in [0.3, 0.4) is 0 Å². The molecule has 0 spiro atoms. The van der Waals surface area contributed by atoms with Gasteiger partial charge < -0.3 is 15.4 Å². The Balaban J connectivity index is 1.84. The Kier molecular flexibility index (Phi) is 5.56. The smallest absolute Gasteiger partial charge is 0.258 e. The van der Waals surface area contributed by atoms with E-state index in [1.54, 1.807) is 0 Å². The molecular weight excluding hydrogens is 360 g/mol. The Labute approximate surface area is 164 Å². The molecule has 0 radical (unpaired) electrons. The second-order valence-electron chi connectivity index (χ2n) is 7.68. The molecule has 144 valence electrons. The fraction of sp³-hybridized carbons (Fsp3) is 0.429. The third-order valence-electron chi connectivity index (χ3n) is 4.48. The van der Waals surface area contributed by atoms with Crippen LogP contribution in [0.15, 0.2) is 24.3 Å². The molecule has 5 nitrogen and oxygen atoms in total. The molecule has 0 aliphatic heterocycles. The highest BCUT2D eigenvalue weighted by atomic mass is 32.1. The number of hydrogen-bond acceptors (Lipinski definition) is 4. The van der Waals surface area contributed by atoms with Gasteiger partial charge in [-0.2, -0.15) is 0 Å². The highest BCUT2D eigenvalue weighted by molar-refractivity contribution is 7.17. The molecule has 3 rings (SSSR count). The van der Waals surface area contributed by atoms with E-state index in [-0.39, 0.29) is 11.8 Å². The van der Waals surface area contributed by atoms with E-state index in [4.69, 9.17) is 4.74 Å². The van der Waals surface area contributed by atoms with Gasteiger partial charge >= 0.3 is 0 Å². The molecule has 1 aliphatic rings. The highest BCUT2D eigenvalue weighted by Crippen LogP contribution is 2.40. The van der Waals surface area contributed by atoms with Crippen LogP contribution in [0.2, 0.25) is 0 Å². The predicted octanol–water partition coefficient (Wildman–Crippen LogP) is 4.87. The number of hydrogen-bond donors (Lipinski definition) is 2. The van der Waals surface area contributed by atoms with Crippen molar-refractivity contribution >= 4 is 33.8 Å². The highest BCUT2D eigenvalue weighted by Gasteiger charge is 2.30. The average molecular weight is 387 g/mol. The van der Waals surface area contributed by atoms with Crippen LogP contribution in [0.1, 0.15) is 54.9 Å². The Hall–Kier alpha value is -2.34. The summed E-state index contributed by atoms with van der Waals surface area (Å²) >= 11 is 1.53. The summed E-state index contributed by atoms with van der Waals surface area (Å²) in [5.41, 5.74) is 1.87. The number of amides is 2. The van der Waals surface area contributed by atoms with Crippen molar-refractivity contribution in [1.82, 2.24) is 0 Å². The van der Waals surface area contributed by atoms with Crippen LogP contribution in [-0.2, 0) is 17.6 Å². The van der Waals surface area contributed by atoms with Crippen molar-refractivity contribution in [2.24, 2.45) is 5.41 Å². The van der Waals surface area contributed by atoms with Gasteiger partial charge in [0.05, 0.1) is 12.2 Å². The van der Waals surface area contributed by atoms with E-state index in [2.05, 4.69) is 10.6 Å². The molecule has 0 saturated carbocycles. The van der Waals surface area contributed by atoms with Gasteiger partial charge in [0.1, 0.15) is 10.8 Å². The minimum Gasteiger partial charge on any atom is -0.494 e. The van der Waals surface area contributed by atoms with Gasteiger partial charge in [0.2, 0.25) is 5.91 Å². The third kappa shape index (κ3) is 4.33. The number of anilines is 2. The van der Waals surface area contributed by atoms with Gasteiger partial charge in [0.25, 0.3) is 5.91 Å². The quantitative estimate of drug-likeness (QED) is 0.770. The fourth-order valence-corrected chi connectivity index (χ4v) is 4.30. The zero-order chi connectivity index (χ0) is 19.6. The van der Waals surface area contributed by atoms with Crippen molar-refractivity contribution in [1.29, 1.82) is 0 Å². The standard InChI is InChI=1S/C21H26N2O3S/c1-5-26-14-11-9-13(10-12-14)22-18(24)17-15-7-6-8-16(15)27-19(17)23-20(25)21(2,3)4/h9-12H,5-8H2,1-4H3,(H,22,24)(H,23,25). The second kappa shape index (κ2) is 7.72. The SMILES string of the molecule is CCOc1ccc(NC(=O)c2c(NC(=O)C(C)(C)C)sc3c2CCC3)cc1. The lowest BCUT2D eigenvalue weighted by atomic mass is 9.95. The van der Waals surface area contributed by atoms with Gasteiger partial charge in [-0.05, 0) is 56.0 Å². The second-order valence-corrected chi connectivity index (χ2v) is 8.78. The van der Waals surface area contributed by atoms with Crippen LogP contribution in [0.4, 0.5) is 10.7 Å². The van der Waals surface area contributed by atoms with Crippen molar-refractivity contribution in [2.75, 3.05) is 17.2 Å². The van der Waals surface area contributed by atoms with Crippen LogP contribution in [0.25, 0.3) is 0 Å². The number of nitrogens with one attached hydrogen (secondary N) is 2. The van der Waals surface area contributed by atoms with Crippen molar-refractivity contribution in [3.63, 3.8) is 0 Å². The summed E-state index contributed by atoms with van der Waals surface area (Å²) in [6.07, 6.45) is 2.90. The summed E-state index contributed by atoms with van der Waals surface area (Å²) in [5, 5.41) is 6.58. The van der Waals surface area contributed by atoms with E-state index in [0.717, 1.165) is 30.6 Å². The first kappa shape index (κ1) is 19.4. The molecule has 27 heavy (non-hydrogen) atoms. The summed E-state index contributed by atoms with van der Waals surface area (Å²) in [5.74, 6) is 0.505. The van der Waals surface area contributed by atoms with E-state index >= 15 is 0 Å². The van der Waals surface area contributed by atoms with E-state index in [1.807, 2.05) is 52.0 Å². The molecule has 6 heteroatoms. The summed E-state index contributed by atoms with van der Waals surface area (Å²) in [4.78, 5) is 26.7. The van der Waals surface area contributed by atoms with Crippen LogP contribution < -0.4 is 15.4 Å². The predicted molar refractivity (Wildman–Crippen MR) is 110 cm³/mol. The van der Waals surface area contributed by atoms with Crippen LogP contribution >= 0.6 is 11.3 Å². The zero-order valence-corrected chi connectivity index (χ0v) is 17.1. The molecule has 2 amide bonds. The maximum atomic E-state index is 13.0. The Morgan fingerprint density at radius 3 is 2.44 bits per heavy atom. The van der Waals surface area contributed by atoms with Crippen molar-refractivity contribution < 1.29 is 14.3 Å². The normalized spacial score (nSPS) is 13.2. The van der Waals surface area contributed by atoms with Gasteiger partial charge in [-0.3, -0.25) is 9.59 Å². The number of rotatable bonds is 5. The van der Waals surface area contributed by atoms with Crippen molar-refractivity contribution in [3.8, 4) is 5.75 Å². The molecule has 0 unspecified atom stereocenters. The van der Waals surface area contributed by atoms with E-state index < -0.39 is 5.41 Å². The maximum absolute atomic E-state index is 13.0. The average Bonchev–Trinajstić information content (AvgIpc) is 3.16. The van der Waals surface area contributed by atoms with E-state index in [0.29, 0.717) is 22.9 Å². The summed E-state index contributed by atoms with van der Waals surface area (Å²) in [7, 11) is 0. The molecule has 1 aromatic carbocycles. The lowest BCUT2D eigenvalue weighted by Crippen LogP contribution is -2.28. The van der Waals surface area contributed by atoms with Gasteiger partial charge in [-0.25, -0.2) is 0 Å². The number of aryl methyl sites for hydroxylation is 1. The van der Waals surface area contributed by atoms with Crippen molar-refractivity contribution in [3.05, 3.63) is 40.3 Å². The summed E-state index contributed by atoms with van der Waals surface area (Å²) in [6.45, 7) is 8.12. The summed E-state index contributed by atoms with van der Waals surface area (Å²) in [6, 6.07) is 7.31. The Morgan fingerprint density at radius 2 is 1.81 bits per heavy atom. The number of fused-ring (bicyclic) bond motifs is 1. The molecule has 1 aromatic heterocycles. The van der Waals surface area contributed by atoms with Gasteiger partial charge in [-0.15, -0.1) is 11.3 Å². The largest absolute Gasteiger partial charge is 0.494 e. The minimum absolute atomic E-state index is 0.0856. The number of benzene rings is 1. The molecular formula is C21H26N2O3S. The number of ether oxygens (including phenoxy) is 1. The third-order valence-corrected chi connectivity index (χ3v) is 5.69. The summed E-state index contributed by atoms with van der Waals surface area (Å²) < 4.78 is 5.43. The molecule has 0 fully saturated rings. The zero-order valence-electron chi connectivity index (χ0n) is 16.3. The molecule has 1 heterocycles. The maximum Gasteiger partial charge on any atom is 0.258 e. The van der Waals surface area contributed by atoms with Crippen LogP contribution in [-0.4, -0.2) is 18.4 Å². The molecule has 2 N–H and O–H groups in total. The first-order valence-electron chi connectivity index (χ1n) is 9.29. The number of carbonyl (C=O) groups is 2. The monoisotopic (exact) mass is 386 g/mol. The lowest BCUT2D eigenvalue weighted by molar-refractivity contribution is -0.123. The first-order chi connectivity index (χ1) is 12.8. The number of carbonyl (C=O) groups excluding carboxylic acids is 2. The van der Waals surface area contributed by atoms with E-state index in [1.165, 1.54) is 16.2 Å². The van der Waals surface area contributed by atoms with Crippen LogP contribution in [0, 0.1) is 5.41 Å². The van der Waals surface area contributed by atoms with Crippen molar-refractivity contribution in [2.45, 2.75) is 47.0 Å². The van der Waals surface area contributed by atoms with Gasteiger partial charge in [0, 0.05) is 16.0 Å². The lowest BCUT2D eigenvalue weighted by Gasteiger charge is -2.18. The first-order valence-corrected chi connectivity index (χ1v) is 10.1. The Morgan fingerprint density at radius 1 is 1.11 bits per heavy atom. The van der Waals surface area contributed by atoms with Crippen LogP contribution in [0.5, 0.6) is 5.75 Å². The molecule has 0 saturated heterocycles. The minimum atomic E-state index is -0.517. The Bertz CT molecular complexity index is 848. The molecule has 2 aromatic rings. The van der Waals surface area contributed by atoms with Gasteiger partial charge in [0.15, 0.2) is 0 Å². The molecule has 0 atom stereocenters. The van der Waals surface area contributed by atoms with E-state index in [9.17, 15) is 9.59 Å². The molecule has 0 bridgehead atoms. The number of thiophene rings is 1. The molecule has 1 aliphatic carbocycles. The topological polar surface area (TPSA) is 67.4 Å². The van der Waals surface area contributed by atoms with Gasteiger partial charge in [-0.1, -0.05) is 20.8 Å². The fourth-order valence-electron chi connectivity index (χ4n) is 3.02.